The van der Waals surface area contributed by atoms with Crippen LogP contribution < -0.4 is 10.9 Å². The molecule has 0 bridgehead atoms. The van der Waals surface area contributed by atoms with Gasteiger partial charge in [-0.25, -0.2) is 4.98 Å². The molecule has 0 spiro atoms. The first-order chi connectivity index (χ1) is 6.72. The van der Waals surface area contributed by atoms with Crippen LogP contribution in [0.5, 0.6) is 0 Å². The molecule has 4 heteroatoms. The molecule has 76 valence electrons. The Bertz CT molecular complexity index is 393. The van der Waals surface area contributed by atoms with Crippen LogP contribution in [0.3, 0.4) is 0 Å². The molecule has 1 saturated carbocycles. The van der Waals surface area contributed by atoms with Gasteiger partial charge in [-0.15, -0.1) is 0 Å². The highest BCUT2D eigenvalue weighted by Gasteiger charge is 2.26. The lowest BCUT2D eigenvalue weighted by Gasteiger charge is -2.05. The Balaban J connectivity index is 2.41. The summed E-state index contributed by atoms with van der Waals surface area (Å²) in [7, 11) is 1.86. The minimum absolute atomic E-state index is 0.00662. The molecule has 1 aromatic rings. The molecule has 0 aromatic carbocycles. The number of rotatable bonds is 3. The van der Waals surface area contributed by atoms with E-state index in [1.54, 1.807) is 0 Å². The van der Waals surface area contributed by atoms with Gasteiger partial charge < -0.3 is 10.3 Å². The van der Waals surface area contributed by atoms with Crippen molar-refractivity contribution >= 4 is 0 Å². The van der Waals surface area contributed by atoms with Gasteiger partial charge in [0.25, 0.3) is 5.56 Å². The fourth-order valence-electron chi connectivity index (χ4n) is 1.49. The van der Waals surface area contributed by atoms with Crippen LogP contribution in [0.4, 0.5) is 0 Å². The van der Waals surface area contributed by atoms with Crippen molar-refractivity contribution in [3.8, 4) is 0 Å². The van der Waals surface area contributed by atoms with Crippen molar-refractivity contribution in [2.45, 2.75) is 32.2 Å². The van der Waals surface area contributed by atoms with Crippen LogP contribution >= 0.6 is 0 Å². The monoisotopic (exact) mass is 193 g/mol. The summed E-state index contributed by atoms with van der Waals surface area (Å²) in [6.45, 7) is 2.48. The van der Waals surface area contributed by atoms with E-state index in [4.69, 9.17) is 0 Å². The molecule has 1 heterocycles. The Kier molecular flexibility index (Phi) is 2.37. The zero-order chi connectivity index (χ0) is 10.1. The van der Waals surface area contributed by atoms with E-state index in [-0.39, 0.29) is 5.56 Å². The van der Waals surface area contributed by atoms with Gasteiger partial charge in [-0.2, -0.15) is 0 Å². The standard InChI is InChI=1S/C10H15N3O/c1-6-8(5-11-2)12-9(7-3-4-7)13-10(6)14/h7,11H,3-5H2,1-2H3,(H,12,13,14). The van der Waals surface area contributed by atoms with Gasteiger partial charge in [0.2, 0.25) is 0 Å². The van der Waals surface area contributed by atoms with E-state index >= 15 is 0 Å². The summed E-state index contributed by atoms with van der Waals surface area (Å²) < 4.78 is 0. The lowest BCUT2D eigenvalue weighted by Crippen LogP contribution is -2.20. The van der Waals surface area contributed by atoms with Crippen LogP contribution in [0.1, 0.15) is 35.8 Å². The van der Waals surface area contributed by atoms with Gasteiger partial charge in [0, 0.05) is 18.0 Å². The first kappa shape index (κ1) is 9.40. The molecule has 1 aromatic heterocycles. The maximum atomic E-state index is 11.5. The maximum Gasteiger partial charge on any atom is 0.254 e. The molecular formula is C10H15N3O. The first-order valence-corrected chi connectivity index (χ1v) is 4.96. The van der Waals surface area contributed by atoms with Crippen molar-refractivity contribution in [1.82, 2.24) is 15.3 Å². The first-order valence-electron chi connectivity index (χ1n) is 4.96. The van der Waals surface area contributed by atoms with Gasteiger partial charge in [-0.3, -0.25) is 4.79 Å². The van der Waals surface area contributed by atoms with Crippen LogP contribution in [-0.4, -0.2) is 17.0 Å². The zero-order valence-corrected chi connectivity index (χ0v) is 8.55. The van der Waals surface area contributed by atoms with Gasteiger partial charge in [0.15, 0.2) is 0 Å². The van der Waals surface area contributed by atoms with Crippen LogP contribution in [0.2, 0.25) is 0 Å². The maximum absolute atomic E-state index is 11.5. The van der Waals surface area contributed by atoms with E-state index in [0.717, 1.165) is 29.9 Å². The van der Waals surface area contributed by atoms with E-state index in [1.165, 1.54) is 0 Å². The number of hydrogen-bond donors (Lipinski definition) is 2. The highest BCUT2D eigenvalue weighted by molar-refractivity contribution is 5.18. The quantitative estimate of drug-likeness (QED) is 0.742. The van der Waals surface area contributed by atoms with Crippen LogP contribution in [0.15, 0.2) is 4.79 Å². The van der Waals surface area contributed by atoms with Crippen molar-refractivity contribution in [2.24, 2.45) is 0 Å². The molecule has 1 aliphatic carbocycles. The smallest absolute Gasteiger partial charge is 0.254 e. The number of H-pyrrole nitrogens is 1. The van der Waals surface area contributed by atoms with Gasteiger partial charge in [0.05, 0.1) is 5.69 Å². The molecule has 1 fully saturated rings. The molecule has 0 atom stereocenters. The van der Waals surface area contributed by atoms with Crippen LogP contribution in [0.25, 0.3) is 0 Å². The summed E-state index contributed by atoms with van der Waals surface area (Å²) in [5.41, 5.74) is 1.61. The van der Waals surface area contributed by atoms with Crippen LogP contribution in [0, 0.1) is 6.92 Å². The highest BCUT2D eigenvalue weighted by atomic mass is 16.1. The zero-order valence-electron chi connectivity index (χ0n) is 8.55. The second kappa shape index (κ2) is 3.53. The summed E-state index contributed by atoms with van der Waals surface area (Å²) in [5.74, 6) is 1.37. The average Bonchev–Trinajstić information content (AvgIpc) is 2.96. The molecule has 0 radical (unpaired) electrons. The summed E-state index contributed by atoms with van der Waals surface area (Å²) >= 11 is 0. The molecule has 0 saturated heterocycles. The number of aromatic nitrogens is 2. The third-order valence-corrected chi connectivity index (χ3v) is 2.58. The Morgan fingerprint density at radius 1 is 1.57 bits per heavy atom. The van der Waals surface area contributed by atoms with Gasteiger partial charge in [-0.05, 0) is 26.8 Å². The molecule has 14 heavy (non-hydrogen) atoms. The van der Waals surface area contributed by atoms with E-state index in [9.17, 15) is 4.79 Å². The number of nitrogens with one attached hydrogen (secondary N) is 2. The minimum atomic E-state index is 0.00662. The lowest BCUT2D eigenvalue weighted by molar-refractivity contribution is 0.751. The largest absolute Gasteiger partial charge is 0.314 e. The third-order valence-electron chi connectivity index (χ3n) is 2.58. The Morgan fingerprint density at radius 3 is 2.86 bits per heavy atom. The molecule has 0 unspecified atom stereocenters. The average molecular weight is 193 g/mol. The normalized spacial score (nSPS) is 15.9. The van der Waals surface area contributed by atoms with Crippen molar-refractivity contribution in [3.05, 3.63) is 27.4 Å². The fraction of sp³-hybridized carbons (Fsp3) is 0.600. The van der Waals surface area contributed by atoms with Crippen molar-refractivity contribution in [1.29, 1.82) is 0 Å². The molecule has 2 rings (SSSR count). The Labute approximate surface area is 82.8 Å². The number of aromatic amines is 1. The fourth-order valence-corrected chi connectivity index (χ4v) is 1.49. The number of nitrogens with zero attached hydrogens (tertiary/aromatic N) is 1. The van der Waals surface area contributed by atoms with E-state index < -0.39 is 0 Å². The third kappa shape index (κ3) is 1.70. The summed E-state index contributed by atoms with van der Waals surface area (Å²) in [6.07, 6.45) is 2.32. The molecular weight excluding hydrogens is 178 g/mol. The molecule has 2 N–H and O–H groups in total. The second-order valence-electron chi connectivity index (χ2n) is 3.83. The van der Waals surface area contributed by atoms with Gasteiger partial charge in [0.1, 0.15) is 5.82 Å². The Hall–Kier alpha value is -1.16. The van der Waals surface area contributed by atoms with Crippen molar-refractivity contribution < 1.29 is 0 Å². The molecule has 1 aliphatic rings. The summed E-state index contributed by atoms with van der Waals surface area (Å²) in [5, 5.41) is 3.02. The summed E-state index contributed by atoms with van der Waals surface area (Å²) in [6, 6.07) is 0. The van der Waals surface area contributed by atoms with E-state index in [2.05, 4.69) is 15.3 Å². The van der Waals surface area contributed by atoms with Crippen LogP contribution in [-0.2, 0) is 6.54 Å². The van der Waals surface area contributed by atoms with Gasteiger partial charge in [-0.1, -0.05) is 0 Å². The minimum Gasteiger partial charge on any atom is -0.314 e. The topological polar surface area (TPSA) is 57.8 Å². The Morgan fingerprint density at radius 2 is 2.29 bits per heavy atom. The predicted molar refractivity (Wildman–Crippen MR) is 54.3 cm³/mol. The van der Waals surface area contributed by atoms with Crippen molar-refractivity contribution in [3.63, 3.8) is 0 Å². The SMILES string of the molecule is CNCc1nc(C2CC2)[nH]c(=O)c1C. The summed E-state index contributed by atoms with van der Waals surface area (Å²) in [4.78, 5) is 18.9. The van der Waals surface area contributed by atoms with E-state index in [0.29, 0.717) is 12.5 Å². The second-order valence-corrected chi connectivity index (χ2v) is 3.83. The lowest BCUT2D eigenvalue weighted by atomic mass is 10.2. The molecule has 0 amide bonds. The predicted octanol–water partition coefficient (Wildman–Crippen LogP) is 0.675. The molecule has 4 nitrogen and oxygen atoms in total. The van der Waals surface area contributed by atoms with E-state index in [1.807, 2.05) is 14.0 Å². The molecule has 0 aliphatic heterocycles. The van der Waals surface area contributed by atoms with Gasteiger partial charge >= 0.3 is 0 Å². The number of hydrogen-bond acceptors (Lipinski definition) is 3. The highest BCUT2D eigenvalue weighted by Crippen LogP contribution is 2.37. The van der Waals surface area contributed by atoms with Crippen molar-refractivity contribution in [2.75, 3.05) is 7.05 Å².